The largest absolute Gasteiger partial charge is 0.360 e. The van der Waals surface area contributed by atoms with Gasteiger partial charge >= 0.3 is 0 Å². The van der Waals surface area contributed by atoms with Crippen molar-refractivity contribution in [2.24, 2.45) is 0 Å². The fraction of sp³-hybridized carbons (Fsp3) is 0.267. The number of halogens is 1. The van der Waals surface area contributed by atoms with E-state index < -0.39 is 5.82 Å². The van der Waals surface area contributed by atoms with E-state index in [1.54, 1.807) is 23.7 Å². The molecule has 0 atom stereocenters. The Balaban J connectivity index is 1.78. The first kappa shape index (κ1) is 14.5. The summed E-state index contributed by atoms with van der Waals surface area (Å²) < 4.78 is 20.3. The first-order valence-electron chi connectivity index (χ1n) is 7.45. The van der Waals surface area contributed by atoms with E-state index in [2.05, 4.69) is 20.7 Å². The molecule has 1 aliphatic rings. The molecule has 0 fully saturated rings. The highest BCUT2D eigenvalue weighted by molar-refractivity contribution is 6.09. The second-order valence-electron chi connectivity index (χ2n) is 5.49. The zero-order valence-corrected chi connectivity index (χ0v) is 12.8. The predicted octanol–water partition coefficient (Wildman–Crippen LogP) is 1.83. The normalized spacial score (nSPS) is 13.8. The van der Waals surface area contributed by atoms with Crippen LogP contribution in [0.3, 0.4) is 0 Å². The first-order chi connectivity index (χ1) is 11.6. The molecule has 122 valence electrons. The molecule has 4 rings (SSSR count). The topological polar surface area (TPSA) is 89.9 Å². The van der Waals surface area contributed by atoms with Crippen LogP contribution in [0.25, 0.3) is 11.3 Å². The van der Waals surface area contributed by atoms with Crippen molar-refractivity contribution in [2.75, 3.05) is 11.4 Å². The van der Waals surface area contributed by atoms with E-state index in [1.807, 2.05) is 0 Å². The average molecular weight is 328 g/mol. The number of tetrazole rings is 1. The van der Waals surface area contributed by atoms with Crippen LogP contribution in [0.1, 0.15) is 22.5 Å². The van der Waals surface area contributed by atoms with Crippen LogP contribution in [0.15, 0.2) is 28.8 Å². The summed E-state index contributed by atoms with van der Waals surface area (Å²) in [5.41, 5.74) is 1.07. The number of carbonyl (C=O) groups excluding carboxylic acids is 1. The molecule has 2 aromatic heterocycles. The number of carbonyl (C=O) groups is 1. The van der Waals surface area contributed by atoms with Gasteiger partial charge < -0.3 is 4.52 Å². The number of fused-ring (bicyclic) bond motifs is 1. The molecule has 0 saturated carbocycles. The van der Waals surface area contributed by atoms with Crippen LogP contribution < -0.4 is 4.90 Å². The van der Waals surface area contributed by atoms with Crippen molar-refractivity contribution in [2.45, 2.75) is 19.9 Å². The van der Waals surface area contributed by atoms with Gasteiger partial charge in [0.25, 0.3) is 11.9 Å². The Morgan fingerprint density at radius 3 is 3.04 bits per heavy atom. The molecule has 9 heteroatoms. The van der Waals surface area contributed by atoms with Gasteiger partial charge in [-0.05, 0) is 35.9 Å². The molecule has 0 saturated heterocycles. The summed E-state index contributed by atoms with van der Waals surface area (Å²) in [6.45, 7) is 2.80. The summed E-state index contributed by atoms with van der Waals surface area (Å²) in [6, 6.07) is 5.88. The number of aromatic nitrogens is 5. The van der Waals surface area contributed by atoms with Crippen molar-refractivity contribution in [1.29, 1.82) is 0 Å². The van der Waals surface area contributed by atoms with Gasteiger partial charge in [0, 0.05) is 18.7 Å². The first-order valence-corrected chi connectivity index (χ1v) is 7.45. The van der Waals surface area contributed by atoms with Gasteiger partial charge in [-0.25, -0.2) is 9.07 Å². The SMILES string of the molecule is Cc1onc(-c2cccc(F)c2)c1C(=O)N1CCCn2nnnc21. The Labute approximate surface area is 135 Å². The molecule has 0 radical (unpaired) electrons. The van der Waals surface area contributed by atoms with Gasteiger partial charge in [-0.3, -0.25) is 9.69 Å². The van der Waals surface area contributed by atoms with Crippen molar-refractivity contribution < 1.29 is 13.7 Å². The lowest BCUT2D eigenvalue weighted by molar-refractivity contribution is 0.0979. The van der Waals surface area contributed by atoms with Gasteiger partial charge in [0.2, 0.25) is 0 Å². The minimum atomic E-state index is -0.409. The number of hydrogen-bond acceptors (Lipinski definition) is 6. The number of benzene rings is 1. The fourth-order valence-electron chi connectivity index (χ4n) is 2.80. The minimum absolute atomic E-state index is 0.289. The number of rotatable bonds is 2. The smallest absolute Gasteiger partial charge is 0.266 e. The fourth-order valence-corrected chi connectivity index (χ4v) is 2.80. The molecular formula is C15H13FN6O2. The molecule has 0 bridgehead atoms. The molecule has 24 heavy (non-hydrogen) atoms. The molecule has 0 aliphatic carbocycles. The molecule has 3 aromatic rings. The summed E-state index contributed by atoms with van der Waals surface area (Å²) >= 11 is 0. The summed E-state index contributed by atoms with van der Waals surface area (Å²) in [7, 11) is 0. The Kier molecular flexibility index (Phi) is 3.33. The molecule has 1 aliphatic heterocycles. The highest BCUT2D eigenvalue weighted by Gasteiger charge is 2.31. The van der Waals surface area contributed by atoms with Crippen LogP contribution in [-0.2, 0) is 6.54 Å². The monoisotopic (exact) mass is 328 g/mol. The quantitative estimate of drug-likeness (QED) is 0.713. The molecule has 1 aromatic carbocycles. The standard InChI is InChI=1S/C15H13FN6O2/c1-9-12(13(18-24-9)10-4-2-5-11(16)8-10)14(23)21-6-3-7-22-15(21)17-19-20-22/h2,4-5,8H,3,6-7H2,1H3. The second-order valence-corrected chi connectivity index (χ2v) is 5.49. The molecule has 0 N–H and O–H groups in total. The summed E-state index contributed by atoms with van der Waals surface area (Å²) in [5.74, 6) is 0.0260. The summed E-state index contributed by atoms with van der Waals surface area (Å²) in [4.78, 5) is 14.5. The maximum absolute atomic E-state index is 13.5. The molecule has 0 spiro atoms. The number of amides is 1. The van der Waals surface area contributed by atoms with E-state index in [4.69, 9.17) is 4.52 Å². The van der Waals surface area contributed by atoms with Crippen LogP contribution in [0.5, 0.6) is 0 Å². The van der Waals surface area contributed by atoms with E-state index >= 15 is 0 Å². The molecule has 8 nitrogen and oxygen atoms in total. The van der Waals surface area contributed by atoms with Crippen molar-refractivity contribution in [3.8, 4) is 11.3 Å². The maximum Gasteiger partial charge on any atom is 0.266 e. The number of anilines is 1. The van der Waals surface area contributed by atoms with E-state index in [0.717, 1.165) is 6.42 Å². The van der Waals surface area contributed by atoms with E-state index in [1.165, 1.54) is 17.0 Å². The van der Waals surface area contributed by atoms with E-state index in [-0.39, 0.29) is 11.5 Å². The van der Waals surface area contributed by atoms with Gasteiger partial charge in [0.05, 0.1) is 0 Å². The number of hydrogen-bond donors (Lipinski definition) is 0. The highest BCUT2D eigenvalue weighted by Crippen LogP contribution is 2.29. The molecular weight excluding hydrogens is 315 g/mol. The number of nitrogens with zero attached hydrogens (tertiary/aromatic N) is 6. The second kappa shape index (κ2) is 5.52. The third kappa shape index (κ3) is 2.25. The molecule has 1 amide bonds. The maximum atomic E-state index is 13.5. The van der Waals surface area contributed by atoms with Crippen molar-refractivity contribution in [1.82, 2.24) is 25.4 Å². The van der Waals surface area contributed by atoms with Crippen LogP contribution in [0.4, 0.5) is 10.3 Å². The third-order valence-electron chi connectivity index (χ3n) is 3.93. The lowest BCUT2D eigenvalue weighted by Gasteiger charge is -2.25. The van der Waals surface area contributed by atoms with Gasteiger partial charge in [-0.1, -0.05) is 22.4 Å². The molecule has 0 unspecified atom stereocenters. The Morgan fingerprint density at radius 2 is 2.21 bits per heavy atom. The van der Waals surface area contributed by atoms with Gasteiger partial charge in [0.15, 0.2) is 0 Å². The Morgan fingerprint density at radius 1 is 1.33 bits per heavy atom. The minimum Gasteiger partial charge on any atom is -0.360 e. The van der Waals surface area contributed by atoms with Crippen molar-refractivity contribution >= 4 is 11.9 Å². The number of aryl methyl sites for hydroxylation is 2. The predicted molar refractivity (Wildman–Crippen MR) is 80.7 cm³/mol. The summed E-state index contributed by atoms with van der Waals surface area (Å²) in [5, 5.41) is 15.3. The van der Waals surface area contributed by atoms with Crippen molar-refractivity contribution in [3.63, 3.8) is 0 Å². The average Bonchev–Trinajstić information content (AvgIpc) is 3.20. The van der Waals surface area contributed by atoms with Crippen LogP contribution in [-0.4, -0.2) is 37.8 Å². The Hall–Kier alpha value is -3.10. The van der Waals surface area contributed by atoms with Crippen molar-refractivity contribution in [3.05, 3.63) is 41.4 Å². The van der Waals surface area contributed by atoms with Gasteiger partial charge in [0.1, 0.15) is 22.8 Å². The highest BCUT2D eigenvalue weighted by atomic mass is 19.1. The lowest BCUT2D eigenvalue weighted by atomic mass is 10.0. The lowest BCUT2D eigenvalue weighted by Crippen LogP contribution is -2.38. The van der Waals surface area contributed by atoms with Crippen LogP contribution in [0, 0.1) is 12.7 Å². The van der Waals surface area contributed by atoms with E-state index in [0.29, 0.717) is 36.1 Å². The zero-order chi connectivity index (χ0) is 16.7. The van der Waals surface area contributed by atoms with E-state index in [9.17, 15) is 9.18 Å². The van der Waals surface area contributed by atoms with Gasteiger partial charge in [-0.2, -0.15) is 0 Å². The molecule has 3 heterocycles. The third-order valence-corrected chi connectivity index (χ3v) is 3.93. The summed E-state index contributed by atoms with van der Waals surface area (Å²) in [6.07, 6.45) is 0.739. The van der Waals surface area contributed by atoms with Gasteiger partial charge in [-0.15, -0.1) is 0 Å². The van der Waals surface area contributed by atoms with Crippen LogP contribution in [0.2, 0.25) is 0 Å². The zero-order valence-electron chi connectivity index (χ0n) is 12.8. The Bertz CT molecular complexity index is 918. The van der Waals surface area contributed by atoms with Crippen LogP contribution >= 0.6 is 0 Å².